The second-order valence-corrected chi connectivity index (χ2v) is 9.71. The average Bonchev–Trinajstić information content (AvgIpc) is 3.38. The van der Waals surface area contributed by atoms with Gasteiger partial charge in [0, 0.05) is 37.6 Å². The van der Waals surface area contributed by atoms with Gasteiger partial charge in [-0.3, -0.25) is 14.5 Å². The molecule has 29 heavy (non-hydrogen) atoms. The Kier molecular flexibility index (Phi) is 5.58. The van der Waals surface area contributed by atoms with Gasteiger partial charge in [-0.1, -0.05) is 0 Å². The number of halogens is 1. The van der Waals surface area contributed by atoms with Gasteiger partial charge in [0.1, 0.15) is 5.82 Å². The largest absolute Gasteiger partial charge is 0.353 e. The van der Waals surface area contributed by atoms with Gasteiger partial charge in [-0.05, 0) is 49.9 Å². The minimum Gasteiger partial charge on any atom is -0.353 e. The lowest BCUT2D eigenvalue weighted by atomic mass is 10.0. The van der Waals surface area contributed by atoms with Gasteiger partial charge in [0.2, 0.25) is 21.8 Å². The molecular formula is C19H25FN4O4S. The van der Waals surface area contributed by atoms with E-state index >= 15 is 0 Å². The molecule has 10 heteroatoms. The fourth-order valence-corrected chi connectivity index (χ4v) is 5.30. The maximum absolute atomic E-state index is 13.1. The third-order valence-corrected chi connectivity index (χ3v) is 7.25. The zero-order chi connectivity index (χ0) is 20.6. The molecule has 1 saturated carbocycles. The molecule has 0 spiro atoms. The van der Waals surface area contributed by atoms with Crippen LogP contribution in [0.3, 0.4) is 0 Å². The molecule has 0 bridgehead atoms. The molecule has 0 aromatic heterocycles. The first-order chi connectivity index (χ1) is 13.8. The van der Waals surface area contributed by atoms with Crippen LogP contribution in [0.4, 0.5) is 4.39 Å². The molecule has 1 aromatic rings. The summed E-state index contributed by atoms with van der Waals surface area (Å²) in [4.78, 5) is 26.3. The third-order valence-electron chi connectivity index (χ3n) is 5.72. The number of sulfonamides is 1. The highest BCUT2D eigenvalue weighted by Gasteiger charge is 2.44. The summed E-state index contributed by atoms with van der Waals surface area (Å²) >= 11 is 0. The summed E-state index contributed by atoms with van der Waals surface area (Å²) in [5.74, 6) is -0.604. The third kappa shape index (κ3) is 4.76. The van der Waals surface area contributed by atoms with Gasteiger partial charge in [0.05, 0.1) is 10.9 Å². The SMILES string of the molecule is O=C(CCC1CNC(=O)C2CC(NS(=O)(=O)c3ccc(F)cc3)CN12)NC1CC1. The Morgan fingerprint density at radius 1 is 1.21 bits per heavy atom. The molecule has 158 valence electrons. The Bertz CT molecular complexity index is 888. The standard InChI is InChI=1S/C19H25FN4O4S/c20-12-1-6-16(7-2-12)29(27,28)23-14-9-17-19(26)21-10-15(24(17)11-14)5-8-18(25)22-13-3-4-13/h1-2,6-7,13-15,17,23H,3-5,8-11H2,(H,21,26)(H,22,25). The van der Waals surface area contributed by atoms with E-state index in [0.29, 0.717) is 38.4 Å². The van der Waals surface area contributed by atoms with E-state index in [1.165, 1.54) is 12.1 Å². The van der Waals surface area contributed by atoms with Crippen LogP contribution in [0.2, 0.25) is 0 Å². The highest BCUT2D eigenvalue weighted by Crippen LogP contribution is 2.27. The molecule has 3 aliphatic rings. The molecule has 4 rings (SSSR count). The molecule has 3 unspecified atom stereocenters. The van der Waals surface area contributed by atoms with Crippen LogP contribution in [0.25, 0.3) is 0 Å². The Morgan fingerprint density at radius 2 is 1.93 bits per heavy atom. The Morgan fingerprint density at radius 3 is 2.62 bits per heavy atom. The first-order valence-electron chi connectivity index (χ1n) is 9.92. The zero-order valence-corrected chi connectivity index (χ0v) is 16.8. The molecule has 2 saturated heterocycles. The molecule has 8 nitrogen and oxygen atoms in total. The Balaban J connectivity index is 1.38. The van der Waals surface area contributed by atoms with Crippen molar-refractivity contribution in [1.82, 2.24) is 20.3 Å². The Labute approximate surface area is 169 Å². The predicted molar refractivity (Wildman–Crippen MR) is 103 cm³/mol. The van der Waals surface area contributed by atoms with Gasteiger partial charge in [-0.25, -0.2) is 17.5 Å². The van der Waals surface area contributed by atoms with Crippen LogP contribution < -0.4 is 15.4 Å². The number of nitrogens with zero attached hydrogens (tertiary/aromatic N) is 1. The molecular weight excluding hydrogens is 399 g/mol. The van der Waals surface area contributed by atoms with Crippen molar-refractivity contribution >= 4 is 21.8 Å². The van der Waals surface area contributed by atoms with E-state index in [4.69, 9.17) is 0 Å². The minimum absolute atomic E-state index is 0.0111. The highest BCUT2D eigenvalue weighted by atomic mass is 32.2. The van der Waals surface area contributed by atoms with E-state index in [1.54, 1.807) is 0 Å². The number of benzene rings is 1. The molecule has 3 N–H and O–H groups in total. The molecule has 3 fully saturated rings. The quantitative estimate of drug-likeness (QED) is 0.576. The summed E-state index contributed by atoms with van der Waals surface area (Å²) in [6.45, 7) is 0.844. The molecule has 3 atom stereocenters. The van der Waals surface area contributed by atoms with Crippen molar-refractivity contribution < 1.29 is 22.4 Å². The summed E-state index contributed by atoms with van der Waals surface area (Å²) in [7, 11) is -3.81. The summed E-state index contributed by atoms with van der Waals surface area (Å²) in [6, 6.07) is 4.09. The zero-order valence-electron chi connectivity index (χ0n) is 15.9. The van der Waals surface area contributed by atoms with Gasteiger partial charge >= 0.3 is 0 Å². The topological polar surface area (TPSA) is 108 Å². The first-order valence-corrected chi connectivity index (χ1v) is 11.4. The van der Waals surface area contributed by atoms with Crippen LogP contribution in [0.5, 0.6) is 0 Å². The predicted octanol–water partition coefficient (Wildman–Crippen LogP) is 0.104. The van der Waals surface area contributed by atoms with Gasteiger partial charge < -0.3 is 10.6 Å². The van der Waals surface area contributed by atoms with E-state index in [9.17, 15) is 22.4 Å². The average molecular weight is 424 g/mol. The first kappa shape index (κ1) is 20.2. The number of hydrogen-bond donors (Lipinski definition) is 3. The maximum Gasteiger partial charge on any atom is 0.240 e. The number of amides is 2. The van der Waals surface area contributed by atoms with Crippen molar-refractivity contribution in [2.24, 2.45) is 0 Å². The van der Waals surface area contributed by atoms with Crippen LogP contribution in [0, 0.1) is 5.82 Å². The van der Waals surface area contributed by atoms with Crippen LogP contribution in [-0.4, -0.2) is 62.4 Å². The van der Waals surface area contributed by atoms with Crippen molar-refractivity contribution in [3.05, 3.63) is 30.1 Å². The van der Waals surface area contributed by atoms with Gasteiger partial charge in [-0.2, -0.15) is 0 Å². The lowest BCUT2D eigenvalue weighted by Crippen LogP contribution is -2.58. The number of rotatable bonds is 7. The Hall–Kier alpha value is -2.04. The second kappa shape index (κ2) is 8.00. The van der Waals surface area contributed by atoms with E-state index in [2.05, 4.69) is 15.4 Å². The number of hydrogen-bond acceptors (Lipinski definition) is 5. The number of fused-ring (bicyclic) bond motifs is 1. The molecule has 1 aliphatic carbocycles. The summed E-state index contributed by atoms with van der Waals surface area (Å²) in [5.41, 5.74) is 0. The minimum atomic E-state index is -3.81. The fraction of sp³-hybridized carbons (Fsp3) is 0.579. The van der Waals surface area contributed by atoms with Crippen LogP contribution >= 0.6 is 0 Å². The van der Waals surface area contributed by atoms with Gasteiger partial charge in [0.15, 0.2) is 0 Å². The summed E-state index contributed by atoms with van der Waals surface area (Å²) in [6.07, 6.45) is 3.42. The lowest BCUT2D eigenvalue weighted by molar-refractivity contribution is -0.129. The number of piperazine rings is 1. The molecule has 2 amide bonds. The van der Waals surface area contributed by atoms with Crippen molar-refractivity contribution in [2.45, 2.75) is 61.2 Å². The van der Waals surface area contributed by atoms with Gasteiger partial charge in [-0.15, -0.1) is 0 Å². The summed E-state index contributed by atoms with van der Waals surface area (Å²) in [5, 5.41) is 5.83. The van der Waals surface area contributed by atoms with Crippen LogP contribution in [0.15, 0.2) is 29.2 Å². The maximum atomic E-state index is 13.1. The number of nitrogens with one attached hydrogen (secondary N) is 3. The fourth-order valence-electron chi connectivity index (χ4n) is 4.06. The van der Waals surface area contributed by atoms with E-state index < -0.39 is 27.9 Å². The van der Waals surface area contributed by atoms with Crippen molar-refractivity contribution in [2.75, 3.05) is 13.1 Å². The van der Waals surface area contributed by atoms with Crippen LogP contribution in [-0.2, 0) is 19.6 Å². The van der Waals surface area contributed by atoms with Crippen molar-refractivity contribution in [3.63, 3.8) is 0 Å². The van der Waals surface area contributed by atoms with Gasteiger partial charge in [0.25, 0.3) is 0 Å². The summed E-state index contributed by atoms with van der Waals surface area (Å²) < 4.78 is 40.9. The van der Waals surface area contributed by atoms with E-state index in [0.717, 1.165) is 25.0 Å². The van der Waals surface area contributed by atoms with Crippen LogP contribution in [0.1, 0.15) is 32.1 Å². The molecule has 2 heterocycles. The normalized spacial score (nSPS) is 27.3. The molecule has 1 aromatic carbocycles. The molecule has 0 radical (unpaired) electrons. The molecule has 2 aliphatic heterocycles. The highest BCUT2D eigenvalue weighted by molar-refractivity contribution is 7.89. The van der Waals surface area contributed by atoms with E-state index in [-0.39, 0.29) is 22.8 Å². The van der Waals surface area contributed by atoms with Crippen molar-refractivity contribution in [3.8, 4) is 0 Å². The smallest absolute Gasteiger partial charge is 0.240 e. The second-order valence-electron chi connectivity index (χ2n) is 8.00. The monoisotopic (exact) mass is 424 g/mol. The lowest BCUT2D eigenvalue weighted by Gasteiger charge is -2.37. The van der Waals surface area contributed by atoms with Crippen molar-refractivity contribution in [1.29, 1.82) is 0 Å². The van der Waals surface area contributed by atoms with E-state index in [1.807, 2.05) is 4.90 Å². The number of carbonyl (C=O) groups is 2. The number of carbonyl (C=O) groups excluding carboxylic acids is 2.